The number of carboxylic acids is 1. The van der Waals surface area contributed by atoms with E-state index >= 15 is 0 Å². The highest BCUT2D eigenvalue weighted by Gasteiger charge is 2.35. The molecule has 1 aromatic carbocycles. The van der Waals surface area contributed by atoms with Crippen molar-refractivity contribution in [1.29, 1.82) is 0 Å². The van der Waals surface area contributed by atoms with Gasteiger partial charge in [0.05, 0.1) is 15.7 Å². The summed E-state index contributed by atoms with van der Waals surface area (Å²) in [5.41, 5.74) is 0.288. The predicted octanol–water partition coefficient (Wildman–Crippen LogP) is 4.03. The number of hydrogen-bond acceptors (Lipinski definition) is 2. The molecule has 98 valence electrons. The molecule has 0 atom stereocenters. The van der Waals surface area contributed by atoms with Crippen molar-refractivity contribution in [2.45, 2.75) is 38.1 Å². The second kappa shape index (κ2) is 4.88. The van der Waals surface area contributed by atoms with Gasteiger partial charge >= 0.3 is 5.97 Å². The Morgan fingerprint density at radius 1 is 1.56 bits per heavy atom. The maximum absolute atomic E-state index is 14.1. The van der Waals surface area contributed by atoms with E-state index in [0.717, 1.165) is 25.7 Å². The maximum atomic E-state index is 14.1. The molecule has 0 amide bonds. The number of halogens is 2. The highest BCUT2D eigenvalue weighted by molar-refractivity contribution is 9.10. The van der Waals surface area contributed by atoms with Crippen LogP contribution in [-0.2, 0) is 0 Å². The van der Waals surface area contributed by atoms with Crippen LogP contribution in [0, 0.1) is 5.82 Å². The summed E-state index contributed by atoms with van der Waals surface area (Å²) in [5, 5.41) is 12.1. The number of benzene rings is 1. The van der Waals surface area contributed by atoms with Crippen LogP contribution in [0.3, 0.4) is 0 Å². The van der Waals surface area contributed by atoms with E-state index in [9.17, 15) is 9.18 Å². The van der Waals surface area contributed by atoms with E-state index in [4.69, 9.17) is 5.11 Å². The molecular weight excluding hydrogens is 301 g/mol. The van der Waals surface area contributed by atoms with Crippen LogP contribution in [0.25, 0.3) is 0 Å². The molecule has 0 aliphatic heterocycles. The summed E-state index contributed by atoms with van der Waals surface area (Å²) >= 11 is 3.01. The summed E-state index contributed by atoms with van der Waals surface area (Å²) in [6, 6.07) is 2.92. The smallest absolute Gasteiger partial charge is 0.336 e. The fraction of sp³-hybridized carbons (Fsp3) is 0.462. The summed E-state index contributed by atoms with van der Waals surface area (Å²) in [5.74, 6) is -1.67. The molecule has 1 aliphatic rings. The van der Waals surface area contributed by atoms with Crippen molar-refractivity contribution < 1.29 is 14.3 Å². The lowest BCUT2D eigenvalue weighted by Crippen LogP contribution is -2.44. The van der Waals surface area contributed by atoms with Crippen molar-refractivity contribution >= 4 is 27.6 Å². The molecule has 18 heavy (non-hydrogen) atoms. The van der Waals surface area contributed by atoms with Gasteiger partial charge in [0.15, 0.2) is 5.82 Å². The number of aromatic carboxylic acids is 1. The predicted molar refractivity (Wildman–Crippen MR) is 71.6 cm³/mol. The molecule has 0 heterocycles. The Balaban J connectivity index is 2.30. The summed E-state index contributed by atoms with van der Waals surface area (Å²) < 4.78 is 14.1. The highest BCUT2D eigenvalue weighted by atomic mass is 79.9. The van der Waals surface area contributed by atoms with Crippen LogP contribution >= 0.6 is 15.9 Å². The monoisotopic (exact) mass is 315 g/mol. The van der Waals surface area contributed by atoms with Gasteiger partial charge in [-0.15, -0.1) is 0 Å². The van der Waals surface area contributed by atoms with Crippen LogP contribution < -0.4 is 5.32 Å². The Morgan fingerprint density at radius 3 is 2.67 bits per heavy atom. The van der Waals surface area contributed by atoms with Gasteiger partial charge in [-0.05, 0) is 53.7 Å². The van der Waals surface area contributed by atoms with E-state index in [-0.39, 0.29) is 15.6 Å². The highest BCUT2D eigenvalue weighted by Crippen LogP contribution is 2.39. The van der Waals surface area contributed by atoms with Crippen molar-refractivity contribution in [2.24, 2.45) is 0 Å². The fourth-order valence-corrected chi connectivity index (χ4v) is 2.78. The van der Waals surface area contributed by atoms with Gasteiger partial charge in [-0.3, -0.25) is 0 Å². The van der Waals surface area contributed by atoms with E-state index in [1.54, 1.807) is 0 Å². The van der Waals surface area contributed by atoms with Gasteiger partial charge in [0.2, 0.25) is 0 Å². The number of carbonyl (C=O) groups is 1. The lowest BCUT2D eigenvalue weighted by Gasteiger charge is -2.43. The molecule has 0 radical (unpaired) electrons. The van der Waals surface area contributed by atoms with E-state index < -0.39 is 11.8 Å². The molecule has 2 rings (SSSR count). The lowest BCUT2D eigenvalue weighted by atomic mass is 9.74. The lowest BCUT2D eigenvalue weighted by molar-refractivity contribution is 0.0695. The summed E-state index contributed by atoms with van der Waals surface area (Å²) in [7, 11) is 0. The average Bonchev–Trinajstić information content (AvgIpc) is 2.28. The Kier molecular flexibility index (Phi) is 3.61. The summed E-state index contributed by atoms with van der Waals surface area (Å²) in [4.78, 5) is 10.9. The van der Waals surface area contributed by atoms with E-state index in [1.807, 2.05) is 0 Å². The Labute approximate surface area is 114 Å². The van der Waals surface area contributed by atoms with E-state index in [2.05, 4.69) is 28.2 Å². The minimum absolute atomic E-state index is 0.00516. The number of rotatable bonds is 4. The topological polar surface area (TPSA) is 49.3 Å². The molecule has 0 spiro atoms. The van der Waals surface area contributed by atoms with Crippen LogP contribution in [0.2, 0.25) is 0 Å². The van der Waals surface area contributed by atoms with Crippen molar-refractivity contribution in [3.8, 4) is 0 Å². The molecule has 2 N–H and O–H groups in total. The normalized spacial score (nSPS) is 17.1. The first-order valence-electron chi connectivity index (χ1n) is 5.98. The van der Waals surface area contributed by atoms with Crippen LogP contribution in [0.4, 0.5) is 10.1 Å². The number of hydrogen-bond donors (Lipinski definition) is 2. The van der Waals surface area contributed by atoms with Crippen LogP contribution in [0.15, 0.2) is 16.6 Å². The molecule has 1 aliphatic carbocycles. The molecule has 5 heteroatoms. The standard InChI is InChI=1S/C13H15BrFNO2/c1-2-13(6-3-7-13)16-9-5-4-8(12(17)18)10(14)11(9)15/h4-5,16H,2-3,6-7H2,1H3,(H,17,18). The zero-order valence-corrected chi connectivity index (χ0v) is 11.7. The molecule has 1 saturated carbocycles. The Bertz CT molecular complexity index is 481. The maximum Gasteiger partial charge on any atom is 0.336 e. The quantitative estimate of drug-likeness (QED) is 0.882. The third kappa shape index (κ3) is 2.23. The van der Waals surface area contributed by atoms with Gasteiger partial charge < -0.3 is 10.4 Å². The molecule has 0 saturated heterocycles. The van der Waals surface area contributed by atoms with Gasteiger partial charge in [-0.1, -0.05) is 6.92 Å². The van der Waals surface area contributed by atoms with Crippen LogP contribution in [0.5, 0.6) is 0 Å². The van der Waals surface area contributed by atoms with Crippen LogP contribution in [0.1, 0.15) is 43.0 Å². The van der Waals surface area contributed by atoms with E-state index in [0.29, 0.717) is 5.69 Å². The molecule has 0 bridgehead atoms. The second-order valence-corrected chi connectivity index (χ2v) is 5.50. The molecular formula is C13H15BrFNO2. The summed E-state index contributed by atoms with van der Waals surface area (Å²) in [6.45, 7) is 2.07. The van der Waals surface area contributed by atoms with Gasteiger partial charge in [-0.25, -0.2) is 9.18 Å². The second-order valence-electron chi connectivity index (χ2n) is 4.71. The first-order chi connectivity index (χ1) is 8.49. The van der Waals surface area contributed by atoms with Crippen LogP contribution in [-0.4, -0.2) is 16.6 Å². The molecule has 0 aromatic heterocycles. The molecule has 0 unspecified atom stereocenters. The van der Waals surface area contributed by atoms with Gasteiger partial charge in [0.1, 0.15) is 0 Å². The van der Waals surface area contributed by atoms with E-state index in [1.165, 1.54) is 12.1 Å². The third-order valence-corrected chi connectivity index (χ3v) is 4.48. The van der Waals surface area contributed by atoms with Gasteiger partial charge in [0.25, 0.3) is 0 Å². The van der Waals surface area contributed by atoms with Gasteiger partial charge in [-0.2, -0.15) is 0 Å². The zero-order chi connectivity index (χ0) is 13.3. The fourth-order valence-electron chi connectivity index (χ4n) is 2.27. The summed E-state index contributed by atoms with van der Waals surface area (Å²) in [6.07, 6.45) is 4.14. The first-order valence-corrected chi connectivity index (χ1v) is 6.78. The number of anilines is 1. The van der Waals surface area contributed by atoms with Crippen molar-refractivity contribution in [3.63, 3.8) is 0 Å². The van der Waals surface area contributed by atoms with Crippen molar-refractivity contribution in [1.82, 2.24) is 0 Å². The first kappa shape index (κ1) is 13.3. The minimum atomic E-state index is -1.14. The zero-order valence-electron chi connectivity index (χ0n) is 10.1. The molecule has 1 aromatic rings. The largest absolute Gasteiger partial charge is 0.478 e. The number of nitrogens with one attached hydrogen (secondary N) is 1. The minimum Gasteiger partial charge on any atom is -0.478 e. The molecule has 1 fully saturated rings. The average molecular weight is 316 g/mol. The molecule has 3 nitrogen and oxygen atoms in total. The number of carboxylic acid groups (broad SMARTS) is 1. The van der Waals surface area contributed by atoms with Crippen molar-refractivity contribution in [3.05, 3.63) is 28.0 Å². The van der Waals surface area contributed by atoms with Crippen molar-refractivity contribution in [2.75, 3.05) is 5.32 Å². The Morgan fingerprint density at radius 2 is 2.22 bits per heavy atom. The SMILES string of the molecule is CCC1(Nc2ccc(C(=O)O)c(Br)c2F)CCC1. The Hall–Kier alpha value is -1.10. The van der Waals surface area contributed by atoms with Gasteiger partial charge in [0, 0.05) is 5.54 Å². The third-order valence-electron chi connectivity index (χ3n) is 3.70.